The summed E-state index contributed by atoms with van der Waals surface area (Å²) < 4.78 is 26.2. The summed E-state index contributed by atoms with van der Waals surface area (Å²) in [6, 6.07) is 7.78. The number of likely N-dealkylation sites (N-methyl/N-ethyl adjacent to an activating group) is 1. The highest BCUT2D eigenvalue weighted by Crippen LogP contribution is 2.16. The SMILES string of the molecule is CCCCCCC[N+](CC)(CC)CCc1ccc(NS(C)(=O)=O)cc1.[Br-]. The summed E-state index contributed by atoms with van der Waals surface area (Å²) in [7, 11) is -3.20. The van der Waals surface area contributed by atoms with Gasteiger partial charge in [0.05, 0.1) is 32.4 Å². The number of benzene rings is 1. The van der Waals surface area contributed by atoms with Gasteiger partial charge in [-0.05, 0) is 44.4 Å². The van der Waals surface area contributed by atoms with Gasteiger partial charge < -0.3 is 21.5 Å². The first-order chi connectivity index (χ1) is 11.8. The van der Waals surface area contributed by atoms with Crippen molar-refractivity contribution in [2.24, 2.45) is 0 Å². The lowest BCUT2D eigenvalue weighted by Gasteiger charge is -2.37. The molecule has 0 amide bonds. The average molecular weight is 449 g/mol. The van der Waals surface area contributed by atoms with E-state index in [1.165, 1.54) is 68.0 Å². The maximum atomic E-state index is 11.3. The van der Waals surface area contributed by atoms with Crippen molar-refractivity contribution >= 4 is 15.7 Å². The summed E-state index contributed by atoms with van der Waals surface area (Å²) in [6.45, 7) is 11.6. The Morgan fingerprint density at radius 1 is 0.885 bits per heavy atom. The second kappa shape index (κ2) is 12.7. The molecule has 1 rings (SSSR count). The van der Waals surface area contributed by atoms with Crippen molar-refractivity contribution in [3.63, 3.8) is 0 Å². The third-order valence-corrected chi connectivity index (χ3v) is 5.82. The van der Waals surface area contributed by atoms with Crippen molar-refractivity contribution in [2.75, 3.05) is 37.2 Å². The lowest BCUT2D eigenvalue weighted by Crippen LogP contribution is -3.00. The maximum absolute atomic E-state index is 11.3. The van der Waals surface area contributed by atoms with Crippen LogP contribution in [-0.2, 0) is 16.4 Å². The first-order valence-corrected chi connectivity index (χ1v) is 11.6. The minimum atomic E-state index is -3.20. The van der Waals surface area contributed by atoms with Crippen LogP contribution in [0.2, 0.25) is 0 Å². The number of anilines is 1. The van der Waals surface area contributed by atoms with Gasteiger partial charge >= 0.3 is 0 Å². The van der Waals surface area contributed by atoms with E-state index < -0.39 is 10.0 Å². The zero-order valence-corrected chi connectivity index (χ0v) is 19.3. The van der Waals surface area contributed by atoms with E-state index in [2.05, 4.69) is 25.5 Å². The summed E-state index contributed by atoms with van der Waals surface area (Å²) >= 11 is 0. The molecular formula is C20H37BrN2O2S. The highest BCUT2D eigenvalue weighted by Gasteiger charge is 2.22. The Morgan fingerprint density at radius 2 is 1.46 bits per heavy atom. The molecule has 0 aliphatic rings. The molecule has 0 saturated carbocycles. The quantitative estimate of drug-likeness (QED) is 0.366. The highest BCUT2D eigenvalue weighted by atomic mass is 79.9. The number of quaternary nitrogens is 1. The Hall–Kier alpha value is -0.590. The van der Waals surface area contributed by atoms with Crippen LogP contribution in [0.4, 0.5) is 5.69 Å². The van der Waals surface area contributed by atoms with Gasteiger partial charge in [-0.1, -0.05) is 38.3 Å². The van der Waals surface area contributed by atoms with Crippen molar-refractivity contribution in [2.45, 2.75) is 59.3 Å². The number of hydrogen-bond acceptors (Lipinski definition) is 2. The van der Waals surface area contributed by atoms with E-state index >= 15 is 0 Å². The van der Waals surface area contributed by atoms with Crippen molar-refractivity contribution in [3.8, 4) is 0 Å². The van der Waals surface area contributed by atoms with Crippen LogP contribution in [0.25, 0.3) is 0 Å². The van der Waals surface area contributed by atoms with Crippen LogP contribution in [0.5, 0.6) is 0 Å². The fraction of sp³-hybridized carbons (Fsp3) is 0.700. The van der Waals surface area contributed by atoms with Crippen LogP contribution < -0.4 is 21.7 Å². The number of rotatable bonds is 13. The molecule has 0 aliphatic heterocycles. The summed E-state index contributed by atoms with van der Waals surface area (Å²) in [6.07, 6.45) is 8.89. The lowest BCUT2D eigenvalue weighted by atomic mass is 10.1. The molecule has 1 N–H and O–H groups in total. The van der Waals surface area contributed by atoms with Crippen LogP contribution >= 0.6 is 0 Å². The standard InChI is InChI=1S/C20H37N2O2S.BrH/c1-5-8-9-10-11-17-22(6-2,7-3)18-16-19-12-14-20(15-13-19)21-25(4,23)24;/h12-15,21H,5-11,16-18H2,1-4H3;1H/q+1;/p-1. The highest BCUT2D eigenvalue weighted by molar-refractivity contribution is 7.92. The molecule has 0 aromatic heterocycles. The minimum absolute atomic E-state index is 0. The van der Waals surface area contributed by atoms with Gasteiger partial charge in [0.2, 0.25) is 10.0 Å². The molecule has 1 aromatic carbocycles. The van der Waals surface area contributed by atoms with E-state index in [0.717, 1.165) is 13.0 Å². The Morgan fingerprint density at radius 3 is 1.96 bits per heavy atom. The molecule has 0 fully saturated rings. The van der Waals surface area contributed by atoms with Gasteiger partial charge in [0.25, 0.3) is 0 Å². The van der Waals surface area contributed by atoms with E-state index in [4.69, 9.17) is 0 Å². The van der Waals surface area contributed by atoms with E-state index in [0.29, 0.717) is 5.69 Å². The van der Waals surface area contributed by atoms with Gasteiger partial charge in [-0.2, -0.15) is 0 Å². The number of hydrogen-bond donors (Lipinski definition) is 1. The first-order valence-electron chi connectivity index (χ1n) is 9.76. The molecule has 0 unspecified atom stereocenters. The van der Waals surface area contributed by atoms with Crippen molar-refractivity contribution in [1.29, 1.82) is 0 Å². The zero-order chi connectivity index (χ0) is 18.8. The number of halogens is 1. The van der Waals surface area contributed by atoms with Gasteiger partial charge in [0.15, 0.2) is 0 Å². The van der Waals surface area contributed by atoms with Gasteiger partial charge in [-0.25, -0.2) is 8.42 Å². The van der Waals surface area contributed by atoms with Crippen LogP contribution in [-0.4, -0.2) is 45.3 Å². The third-order valence-electron chi connectivity index (χ3n) is 5.21. The fourth-order valence-electron chi connectivity index (χ4n) is 3.34. The van der Waals surface area contributed by atoms with Gasteiger partial charge in [-0.15, -0.1) is 0 Å². The molecule has 4 nitrogen and oxygen atoms in total. The molecule has 26 heavy (non-hydrogen) atoms. The Labute approximate surface area is 171 Å². The molecule has 0 atom stereocenters. The van der Waals surface area contributed by atoms with Crippen LogP contribution in [0.1, 0.15) is 58.4 Å². The van der Waals surface area contributed by atoms with Crippen LogP contribution in [0.15, 0.2) is 24.3 Å². The predicted octanol–water partition coefficient (Wildman–Crippen LogP) is 1.43. The monoisotopic (exact) mass is 448 g/mol. The van der Waals surface area contributed by atoms with E-state index in [1.54, 1.807) is 0 Å². The molecule has 6 heteroatoms. The molecule has 0 bridgehead atoms. The van der Waals surface area contributed by atoms with Crippen molar-refractivity contribution < 1.29 is 29.9 Å². The molecule has 0 heterocycles. The molecule has 0 aliphatic carbocycles. The van der Waals surface area contributed by atoms with Crippen molar-refractivity contribution in [3.05, 3.63) is 29.8 Å². The maximum Gasteiger partial charge on any atom is 0.229 e. The number of nitrogens with one attached hydrogen (secondary N) is 1. The molecule has 0 radical (unpaired) electrons. The minimum Gasteiger partial charge on any atom is -1.00 e. The molecule has 0 spiro atoms. The molecule has 152 valence electrons. The van der Waals surface area contributed by atoms with E-state index in [-0.39, 0.29) is 17.0 Å². The second-order valence-corrected chi connectivity index (χ2v) is 8.91. The van der Waals surface area contributed by atoms with Crippen LogP contribution in [0.3, 0.4) is 0 Å². The smallest absolute Gasteiger partial charge is 0.229 e. The van der Waals surface area contributed by atoms with Gasteiger partial charge in [-0.3, -0.25) is 4.72 Å². The third kappa shape index (κ3) is 9.93. The van der Waals surface area contributed by atoms with Gasteiger partial charge in [0.1, 0.15) is 0 Å². The fourth-order valence-corrected chi connectivity index (χ4v) is 3.90. The lowest BCUT2D eigenvalue weighted by molar-refractivity contribution is -0.925. The predicted molar refractivity (Wildman–Crippen MR) is 108 cm³/mol. The largest absolute Gasteiger partial charge is 1.00 e. The zero-order valence-electron chi connectivity index (χ0n) is 16.9. The normalized spacial score (nSPS) is 11.8. The van der Waals surface area contributed by atoms with E-state index in [9.17, 15) is 8.42 Å². The number of unbranched alkanes of at least 4 members (excludes halogenated alkanes) is 4. The van der Waals surface area contributed by atoms with Gasteiger partial charge in [0, 0.05) is 12.1 Å². The Kier molecular flexibility index (Phi) is 12.4. The summed E-state index contributed by atoms with van der Waals surface area (Å²) in [5.41, 5.74) is 1.91. The topological polar surface area (TPSA) is 46.2 Å². The number of sulfonamides is 1. The second-order valence-electron chi connectivity index (χ2n) is 7.16. The average Bonchev–Trinajstić information content (AvgIpc) is 2.58. The summed E-state index contributed by atoms with van der Waals surface area (Å²) in [4.78, 5) is 0. The molecular weight excluding hydrogens is 412 g/mol. The Bertz CT molecular complexity index is 584. The Balaban J connectivity index is 0.00000625. The van der Waals surface area contributed by atoms with Crippen LogP contribution in [0, 0.1) is 0 Å². The van der Waals surface area contributed by atoms with Crippen molar-refractivity contribution in [1.82, 2.24) is 0 Å². The number of nitrogens with zero attached hydrogens (tertiary/aromatic N) is 1. The molecule has 1 aromatic rings. The molecule has 0 saturated heterocycles. The van der Waals surface area contributed by atoms with E-state index in [1.807, 2.05) is 24.3 Å². The summed E-state index contributed by atoms with van der Waals surface area (Å²) in [5.74, 6) is 0. The first kappa shape index (κ1) is 25.4. The summed E-state index contributed by atoms with van der Waals surface area (Å²) in [5, 5.41) is 0.